The van der Waals surface area contributed by atoms with Gasteiger partial charge in [0.25, 0.3) is 0 Å². The molecule has 212 valence electrons. The average molecular weight is 524 g/mol. The van der Waals surface area contributed by atoms with Gasteiger partial charge in [0, 0.05) is 0 Å². The Morgan fingerprint density at radius 3 is 1.63 bits per heavy atom. The van der Waals surface area contributed by atoms with Gasteiger partial charge in [0.1, 0.15) is 13.2 Å². The van der Waals surface area contributed by atoms with Crippen molar-refractivity contribution in [3.8, 4) is 0 Å². The maximum Gasteiger partial charge on any atom is 0.474 e. The first-order valence-electron chi connectivity index (χ1n) is 14.5. The lowest BCUT2D eigenvalue weighted by Crippen LogP contribution is -2.37. The minimum absolute atomic E-state index is 0.102. The summed E-state index contributed by atoms with van der Waals surface area (Å²) in [5.41, 5.74) is 0. The van der Waals surface area contributed by atoms with Gasteiger partial charge in [0.2, 0.25) is 0 Å². The fourth-order valence-corrected chi connectivity index (χ4v) is 4.78. The second-order valence-corrected chi connectivity index (χ2v) is 12.5. The molecule has 0 heterocycles. The average Bonchev–Trinajstić information content (AvgIpc) is 2.76. The van der Waals surface area contributed by atoms with Crippen molar-refractivity contribution in [1.29, 1.82) is 0 Å². The zero-order valence-corrected chi connectivity index (χ0v) is 24.5. The van der Waals surface area contributed by atoms with E-state index >= 15 is 0 Å². The van der Waals surface area contributed by atoms with Crippen molar-refractivity contribution < 1.29 is 28.1 Å². The molecule has 0 spiro atoms. The van der Waals surface area contributed by atoms with Crippen LogP contribution in [0.1, 0.15) is 122 Å². The van der Waals surface area contributed by atoms with E-state index in [0.717, 1.165) is 13.1 Å². The van der Waals surface area contributed by atoms with Crippen LogP contribution in [0.5, 0.6) is 0 Å². The largest absolute Gasteiger partial charge is 0.474 e. The van der Waals surface area contributed by atoms with Crippen LogP contribution in [0.25, 0.3) is 0 Å². The lowest BCUT2D eigenvalue weighted by atomic mass is 10.0. The molecule has 2 atom stereocenters. The van der Waals surface area contributed by atoms with E-state index in [0.29, 0.717) is 23.9 Å². The predicted octanol–water partition coefficient (Wildman–Crippen LogP) is 6.78. The Bertz CT molecular complexity index is 502. The third kappa shape index (κ3) is 28.4. The Kier molecular flexibility index (Phi) is 23.1. The highest BCUT2D eigenvalue weighted by molar-refractivity contribution is 7.47. The van der Waals surface area contributed by atoms with Crippen molar-refractivity contribution in [2.24, 2.45) is 0 Å². The molecule has 35 heavy (non-hydrogen) atoms. The van der Waals surface area contributed by atoms with E-state index in [1.54, 1.807) is 0 Å². The van der Waals surface area contributed by atoms with Gasteiger partial charge in [-0.05, 0) is 32.4 Å². The highest BCUT2D eigenvalue weighted by atomic mass is 31.2. The van der Waals surface area contributed by atoms with Gasteiger partial charge in [0.05, 0.1) is 21.1 Å². The summed E-state index contributed by atoms with van der Waals surface area (Å²) in [6.07, 6.45) is 21.7. The lowest BCUT2D eigenvalue weighted by Gasteiger charge is -2.24. The molecule has 0 fully saturated rings. The molecule has 0 aromatic heterocycles. The summed E-state index contributed by atoms with van der Waals surface area (Å²) >= 11 is 0. The summed E-state index contributed by atoms with van der Waals surface area (Å²) in [4.78, 5) is 9.68. The van der Waals surface area contributed by atoms with Crippen LogP contribution in [0.2, 0.25) is 0 Å². The number of hydrogen-bond donors (Lipinski definition) is 3. The minimum atomic E-state index is -4.21. The van der Waals surface area contributed by atoms with E-state index in [2.05, 4.69) is 12.2 Å². The Labute approximate surface area is 217 Å². The van der Waals surface area contributed by atoms with Gasteiger partial charge < -0.3 is 19.8 Å². The van der Waals surface area contributed by atoms with E-state index in [1.165, 1.54) is 103 Å². The number of hydrogen-bond acceptors (Lipinski definition) is 5. The van der Waals surface area contributed by atoms with Gasteiger partial charge in [-0.3, -0.25) is 9.05 Å². The standard InChI is InChI=1S/C27H59N2O5P/c1-5-6-7-8-9-10-11-12-13-14-15-16-17-18-19-20-23-28-24-21-22-27(30)34-35(31,32)33-26-25-29(2,3)4/h27-28,30H,5-26H2,1-4H3/p+1. The topological polar surface area (TPSA) is 88.0 Å². The summed E-state index contributed by atoms with van der Waals surface area (Å²) < 4.78 is 22.2. The van der Waals surface area contributed by atoms with Crippen molar-refractivity contribution in [1.82, 2.24) is 5.32 Å². The molecule has 0 saturated heterocycles. The summed E-state index contributed by atoms with van der Waals surface area (Å²) in [6, 6.07) is 0. The smallest absolute Gasteiger partial charge is 0.367 e. The second-order valence-electron chi connectivity index (χ2n) is 11.1. The number of aliphatic hydroxyl groups excluding tert-OH is 1. The van der Waals surface area contributed by atoms with Crippen LogP contribution in [-0.2, 0) is 13.6 Å². The van der Waals surface area contributed by atoms with Crippen molar-refractivity contribution >= 4 is 7.82 Å². The second kappa shape index (κ2) is 23.1. The molecule has 0 bridgehead atoms. The van der Waals surface area contributed by atoms with Crippen molar-refractivity contribution in [3.05, 3.63) is 0 Å². The predicted molar refractivity (Wildman–Crippen MR) is 147 cm³/mol. The molecule has 0 aliphatic heterocycles. The van der Waals surface area contributed by atoms with Crippen LogP contribution >= 0.6 is 7.82 Å². The third-order valence-electron chi connectivity index (χ3n) is 6.28. The first-order valence-corrected chi connectivity index (χ1v) is 16.0. The molecule has 0 saturated carbocycles. The van der Waals surface area contributed by atoms with E-state index in [1.807, 2.05) is 21.1 Å². The van der Waals surface area contributed by atoms with Crippen LogP contribution in [0.3, 0.4) is 0 Å². The van der Waals surface area contributed by atoms with E-state index in [4.69, 9.17) is 9.05 Å². The molecule has 2 unspecified atom stereocenters. The molecule has 0 radical (unpaired) electrons. The minimum Gasteiger partial charge on any atom is -0.367 e. The molecule has 7 nitrogen and oxygen atoms in total. The Morgan fingerprint density at radius 1 is 0.743 bits per heavy atom. The van der Waals surface area contributed by atoms with Gasteiger partial charge in [-0.25, -0.2) is 4.57 Å². The maximum absolute atomic E-state index is 11.8. The maximum atomic E-state index is 11.8. The molecule has 0 aromatic carbocycles. The third-order valence-corrected chi connectivity index (χ3v) is 7.30. The molecule has 0 amide bonds. The number of phosphoric acid groups is 1. The van der Waals surface area contributed by atoms with Crippen LogP contribution in [0.15, 0.2) is 0 Å². The zero-order valence-electron chi connectivity index (χ0n) is 23.6. The number of nitrogens with zero attached hydrogens (tertiary/aromatic N) is 1. The number of nitrogens with one attached hydrogen (secondary N) is 1. The van der Waals surface area contributed by atoms with Crippen LogP contribution in [0, 0.1) is 0 Å². The van der Waals surface area contributed by atoms with Gasteiger partial charge in [-0.2, -0.15) is 0 Å². The number of rotatable bonds is 27. The Balaban J connectivity index is 3.34. The number of likely N-dealkylation sites (N-methyl/N-ethyl adjacent to an activating group) is 1. The zero-order chi connectivity index (χ0) is 26.3. The first kappa shape index (κ1) is 35.0. The highest BCUT2D eigenvalue weighted by Gasteiger charge is 2.26. The summed E-state index contributed by atoms with van der Waals surface area (Å²) in [5, 5.41) is 13.2. The summed E-state index contributed by atoms with van der Waals surface area (Å²) in [5.74, 6) is 0. The molecule has 0 aliphatic rings. The van der Waals surface area contributed by atoms with Crippen molar-refractivity contribution in [2.75, 3.05) is 47.4 Å². The monoisotopic (exact) mass is 523 g/mol. The van der Waals surface area contributed by atoms with Crippen molar-refractivity contribution in [2.45, 2.75) is 129 Å². The van der Waals surface area contributed by atoms with Gasteiger partial charge in [-0.1, -0.05) is 103 Å². The Hall–Kier alpha value is -0.0100. The number of unbranched alkanes of at least 4 members (excludes halogenated alkanes) is 15. The molecule has 0 rings (SSSR count). The summed E-state index contributed by atoms with van der Waals surface area (Å²) in [7, 11) is 1.69. The quantitative estimate of drug-likeness (QED) is 0.0476. The van der Waals surface area contributed by atoms with Gasteiger partial charge in [0.15, 0.2) is 6.29 Å². The van der Waals surface area contributed by atoms with Gasteiger partial charge in [-0.15, -0.1) is 0 Å². The van der Waals surface area contributed by atoms with Crippen LogP contribution in [0.4, 0.5) is 0 Å². The number of phosphoric ester groups is 1. The van der Waals surface area contributed by atoms with Crippen molar-refractivity contribution in [3.63, 3.8) is 0 Å². The molecular weight excluding hydrogens is 463 g/mol. The fraction of sp³-hybridized carbons (Fsp3) is 1.00. The number of aliphatic hydroxyl groups is 1. The normalized spacial score (nSPS) is 14.8. The van der Waals surface area contributed by atoms with E-state index < -0.39 is 14.1 Å². The highest BCUT2D eigenvalue weighted by Crippen LogP contribution is 2.44. The van der Waals surface area contributed by atoms with E-state index in [9.17, 15) is 14.6 Å². The van der Waals surface area contributed by atoms with Crippen LogP contribution < -0.4 is 5.32 Å². The molecular formula is C27H60N2O5P+. The lowest BCUT2D eigenvalue weighted by molar-refractivity contribution is -0.870. The molecule has 0 aliphatic carbocycles. The van der Waals surface area contributed by atoms with Crippen LogP contribution in [-0.4, -0.2) is 68.2 Å². The molecule has 8 heteroatoms. The molecule has 0 aromatic rings. The SMILES string of the molecule is CCCCCCCCCCCCCCCCCCNCCCC(O)OP(=O)(O)OCC[N+](C)(C)C. The fourth-order valence-electron chi connectivity index (χ4n) is 3.99. The first-order chi connectivity index (χ1) is 16.7. The summed E-state index contributed by atoms with van der Waals surface area (Å²) in [6.45, 7) is 4.69. The molecule has 3 N–H and O–H groups in total. The Morgan fingerprint density at radius 2 is 1.17 bits per heavy atom. The van der Waals surface area contributed by atoms with E-state index in [-0.39, 0.29) is 6.61 Å². The number of quaternary nitrogens is 1. The van der Waals surface area contributed by atoms with Gasteiger partial charge >= 0.3 is 7.82 Å².